The van der Waals surface area contributed by atoms with Crippen LogP contribution in [-0.2, 0) is 6.61 Å². The van der Waals surface area contributed by atoms with Crippen LogP contribution < -0.4 is 5.32 Å². The fraction of sp³-hybridized carbons (Fsp3) is 0.200. The van der Waals surface area contributed by atoms with Crippen LogP contribution in [0.4, 0.5) is 5.69 Å². The highest BCUT2D eigenvalue weighted by atomic mass is 16.3. The summed E-state index contributed by atoms with van der Waals surface area (Å²) in [7, 11) is 0. The lowest BCUT2D eigenvalue weighted by atomic mass is 10.1. The van der Waals surface area contributed by atoms with Gasteiger partial charge in [0.15, 0.2) is 0 Å². The number of hydrogen-bond acceptors (Lipinski definition) is 4. The Balaban J connectivity index is 2.13. The molecule has 1 unspecified atom stereocenters. The maximum absolute atomic E-state index is 9.46. The van der Waals surface area contributed by atoms with Gasteiger partial charge in [-0.2, -0.15) is 0 Å². The minimum atomic E-state index is -0.0574. The average Bonchev–Trinajstić information content (AvgIpc) is 2.38. The van der Waals surface area contributed by atoms with Crippen LogP contribution in [0.25, 0.3) is 0 Å². The first kappa shape index (κ1) is 13.2. The van der Waals surface area contributed by atoms with Gasteiger partial charge in [0.05, 0.1) is 6.61 Å². The molecule has 2 rings (SSSR count). The molecule has 4 heteroatoms. The fourth-order valence-electron chi connectivity index (χ4n) is 1.91. The Morgan fingerprint density at radius 2 is 1.58 bits per heavy atom. The standard InChI is InChI=1S/C15H17NO3/c1-10(12-6-14(18)8-15(19)7-12)16-13-4-2-11(9-17)3-5-13/h2-8,10,16-19H,9H2,1H3. The summed E-state index contributed by atoms with van der Waals surface area (Å²) in [6.07, 6.45) is 0. The Labute approximate surface area is 112 Å². The number of aromatic hydroxyl groups is 2. The van der Waals surface area contributed by atoms with Crippen molar-refractivity contribution in [3.05, 3.63) is 53.6 Å². The van der Waals surface area contributed by atoms with Crippen molar-refractivity contribution in [2.45, 2.75) is 19.6 Å². The van der Waals surface area contributed by atoms with Gasteiger partial charge in [0.25, 0.3) is 0 Å². The number of benzene rings is 2. The summed E-state index contributed by atoms with van der Waals surface area (Å²) < 4.78 is 0. The van der Waals surface area contributed by atoms with Gasteiger partial charge >= 0.3 is 0 Å². The Morgan fingerprint density at radius 3 is 2.11 bits per heavy atom. The summed E-state index contributed by atoms with van der Waals surface area (Å²) in [5, 5.41) is 31.2. The second-order valence-corrected chi connectivity index (χ2v) is 4.50. The molecule has 0 fully saturated rings. The van der Waals surface area contributed by atoms with Crippen molar-refractivity contribution in [1.29, 1.82) is 0 Å². The summed E-state index contributed by atoms with van der Waals surface area (Å²) in [5.74, 6) is 0.0820. The Bertz CT molecular complexity index is 532. The van der Waals surface area contributed by atoms with E-state index in [0.717, 1.165) is 16.8 Å². The van der Waals surface area contributed by atoms with E-state index in [1.54, 1.807) is 12.1 Å². The molecule has 0 aliphatic heterocycles. The number of aliphatic hydroxyl groups is 1. The first-order chi connectivity index (χ1) is 9.08. The summed E-state index contributed by atoms with van der Waals surface area (Å²) >= 11 is 0. The minimum Gasteiger partial charge on any atom is -0.508 e. The predicted molar refractivity (Wildman–Crippen MR) is 74.2 cm³/mol. The molecular weight excluding hydrogens is 242 g/mol. The van der Waals surface area contributed by atoms with E-state index in [2.05, 4.69) is 5.32 Å². The lowest BCUT2D eigenvalue weighted by molar-refractivity contribution is 0.282. The molecule has 100 valence electrons. The number of phenolic OH excluding ortho intramolecular Hbond substituents is 2. The van der Waals surface area contributed by atoms with Crippen LogP contribution in [0.5, 0.6) is 11.5 Å². The fourth-order valence-corrected chi connectivity index (χ4v) is 1.91. The molecule has 2 aromatic carbocycles. The van der Waals surface area contributed by atoms with Gasteiger partial charge in [0.1, 0.15) is 11.5 Å². The quantitative estimate of drug-likeness (QED) is 0.681. The van der Waals surface area contributed by atoms with E-state index in [-0.39, 0.29) is 24.1 Å². The molecule has 0 spiro atoms. The SMILES string of the molecule is CC(Nc1ccc(CO)cc1)c1cc(O)cc(O)c1. The van der Waals surface area contributed by atoms with Gasteiger partial charge in [0.2, 0.25) is 0 Å². The molecular formula is C15H17NO3. The third-order valence-electron chi connectivity index (χ3n) is 2.94. The van der Waals surface area contributed by atoms with Gasteiger partial charge in [-0.3, -0.25) is 0 Å². The van der Waals surface area contributed by atoms with E-state index < -0.39 is 0 Å². The Kier molecular flexibility index (Phi) is 3.92. The van der Waals surface area contributed by atoms with Crippen LogP contribution in [0, 0.1) is 0 Å². The smallest absolute Gasteiger partial charge is 0.119 e. The molecule has 0 aliphatic rings. The van der Waals surface area contributed by atoms with Crippen molar-refractivity contribution in [2.75, 3.05) is 5.32 Å². The molecule has 4 nitrogen and oxygen atoms in total. The number of hydrogen-bond donors (Lipinski definition) is 4. The average molecular weight is 259 g/mol. The zero-order valence-electron chi connectivity index (χ0n) is 10.7. The molecule has 4 N–H and O–H groups in total. The van der Waals surface area contributed by atoms with Crippen molar-refractivity contribution in [1.82, 2.24) is 0 Å². The van der Waals surface area contributed by atoms with Crippen molar-refractivity contribution >= 4 is 5.69 Å². The molecule has 1 atom stereocenters. The van der Waals surface area contributed by atoms with E-state index in [0.29, 0.717) is 0 Å². The highest BCUT2D eigenvalue weighted by Crippen LogP contribution is 2.27. The third-order valence-corrected chi connectivity index (χ3v) is 2.94. The van der Waals surface area contributed by atoms with E-state index in [1.165, 1.54) is 6.07 Å². The van der Waals surface area contributed by atoms with Gasteiger partial charge in [-0.15, -0.1) is 0 Å². The van der Waals surface area contributed by atoms with Gasteiger partial charge in [-0.1, -0.05) is 12.1 Å². The molecule has 0 bridgehead atoms. The molecule has 0 saturated heterocycles. The molecule has 0 radical (unpaired) electrons. The van der Waals surface area contributed by atoms with Crippen molar-refractivity contribution in [3.8, 4) is 11.5 Å². The van der Waals surface area contributed by atoms with Crippen molar-refractivity contribution < 1.29 is 15.3 Å². The number of anilines is 1. The molecule has 0 amide bonds. The molecule has 0 aliphatic carbocycles. The van der Waals surface area contributed by atoms with E-state index in [9.17, 15) is 10.2 Å². The van der Waals surface area contributed by atoms with Crippen molar-refractivity contribution in [2.24, 2.45) is 0 Å². The molecule has 2 aromatic rings. The zero-order chi connectivity index (χ0) is 13.8. The summed E-state index contributed by atoms with van der Waals surface area (Å²) in [6.45, 7) is 1.96. The first-order valence-corrected chi connectivity index (χ1v) is 6.08. The van der Waals surface area contributed by atoms with Crippen LogP contribution in [0.1, 0.15) is 24.1 Å². The third kappa shape index (κ3) is 3.39. The number of aliphatic hydroxyl groups excluding tert-OH is 1. The zero-order valence-corrected chi connectivity index (χ0v) is 10.7. The number of nitrogens with one attached hydrogen (secondary N) is 1. The molecule has 0 heterocycles. The van der Waals surface area contributed by atoms with Gasteiger partial charge in [0, 0.05) is 17.8 Å². The topological polar surface area (TPSA) is 72.7 Å². The summed E-state index contributed by atoms with van der Waals surface area (Å²) in [6, 6.07) is 11.9. The maximum Gasteiger partial charge on any atom is 0.119 e. The van der Waals surface area contributed by atoms with Crippen LogP contribution in [0.15, 0.2) is 42.5 Å². The summed E-state index contributed by atoms with van der Waals surface area (Å²) in [4.78, 5) is 0. The number of rotatable bonds is 4. The predicted octanol–water partition coefficient (Wildman–Crippen LogP) is 2.76. The Morgan fingerprint density at radius 1 is 1.00 bits per heavy atom. The van der Waals surface area contributed by atoms with Gasteiger partial charge in [-0.05, 0) is 42.3 Å². The van der Waals surface area contributed by atoms with E-state index in [1.807, 2.05) is 31.2 Å². The lowest BCUT2D eigenvalue weighted by Gasteiger charge is -2.16. The molecule has 0 aromatic heterocycles. The summed E-state index contributed by atoms with van der Waals surface area (Å²) in [5.41, 5.74) is 2.56. The second kappa shape index (κ2) is 5.63. The van der Waals surface area contributed by atoms with Gasteiger partial charge < -0.3 is 20.6 Å². The Hall–Kier alpha value is -2.20. The van der Waals surface area contributed by atoms with Gasteiger partial charge in [-0.25, -0.2) is 0 Å². The highest BCUT2D eigenvalue weighted by molar-refractivity contribution is 5.48. The minimum absolute atomic E-state index is 0.0241. The first-order valence-electron chi connectivity index (χ1n) is 6.08. The number of phenols is 2. The van der Waals surface area contributed by atoms with Crippen molar-refractivity contribution in [3.63, 3.8) is 0 Å². The monoisotopic (exact) mass is 259 g/mol. The second-order valence-electron chi connectivity index (χ2n) is 4.50. The van der Waals surface area contributed by atoms with Crippen LogP contribution in [0.2, 0.25) is 0 Å². The highest BCUT2D eigenvalue weighted by Gasteiger charge is 2.08. The van der Waals surface area contributed by atoms with Crippen LogP contribution >= 0.6 is 0 Å². The molecule has 0 saturated carbocycles. The van der Waals surface area contributed by atoms with Crippen LogP contribution in [-0.4, -0.2) is 15.3 Å². The van der Waals surface area contributed by atoms with Crippen LogP contribution in [0.3, 0.4) is 0 Å². The van der Waals surface area contributed by atoms with E-state index in [4.69, 9.17) is 5.11 Å². The maximum atomic E-state index is 9.46. The largest absolute Gasteiger partial charge is 0.508 e. The van der Waals surface area contributed by atoms with E-state index >= 15 is 0 Å². The molecule has 19 heavy (non-hydrogen) atoms. The lowest BCUT2D eigenvalue weighted by Crippen LogP contribution is -2.06. The normalized spacial score (nSPS) is 12.1.